The van der Waals surface area contributed by atoms with E-state index in [4.69, 9.17) is 0 Å². The van der Waals surface area contributed by atoms with Crippen LogP contribution in [0.25, 0.3) is 0 Å². The molecule has 0 unspecified atom stereocenters. The number of hydrogen-bond donors (Lipinski definition) is 0. The summed E-state index contributed by atoms with van der Waals surface area (Å²) in [7, 11) is 0. The van der Waals surface area contributed by atoms with Crippen molar-refractivity contribution in [2.24, 2.45) is 0 Å². The Morgan fingerprint density at radius 2 is 1.04 bits per heavy atom. The van der Waals surface area contributed by atoms with Crippen LogP contribution in [0.2, 0.25) is 0 Å². The molecule has 0 amide bonds. The van der Waals surface area contributed by atoms with Gasteiger partial charge < -0.3 is 0 Å². The predicted molar refractivity (Wildman–Crippen MR) is 97.7 cm³/mol. The molecule has 0 bridgehead atoms. The Hall–Kier alpha value is -2.90. The lowest BCUT2D eigenvalue weighted by molar-refractivity contribution is -0.235. The van der Waals surface area contributed by atoms with Crippen LogP contribution >= 0.6 is 0 Å². The molecule has 1 aromatic carbocycles. The highest BCUT2D eigenvalue weighted by molar-refractivity contribution is 6.03. The van der Waals surface area contributed by atoms with Crippen molar-refractivity contribution in [2.75, 3.05) is 0 Å². The molecule has 8 heteroatoms. The van der Waals surface area contributed by atoms with Crippen molar-refractivity contribution in [2.45, 2.75) is 65.2 Å². The summed E-state index contributed by atoms with van der Waals surface area (Å²) in [5, 5.41) is 0. The van der Waals surface area contributed by atoms with Gasteiger partial charge in [0, 0.05) is 0 Å². The third-order valence-electron chi connectivity index (χ3n) is 3.76. The van der Waals surface area contributed by atoms with Crippen molar-refractivity contribution >= 4 is 23.9 Å². The topological polar surface area (TPSA) is 105 Å². The largest absolute Gasteiger partial charge is 0.387 e. The van der Waals surface area contributed by atoms with Crippen molar-refractivity contribution in [1.82, 2.24) is 0 Å². The van der Waals surface area contributed by atoms with Crippen LogP contribution in [-0.4, -0.2) is 23.9 Å². The average Bonchev–Trinajstić information content (AvgIpc) is 2.70. The van der Waals surface area contributed by atoms with Crippen LogP contribution in [0.1, 0.15) is 85.9 Å². The van der Waals surface area contributed by atoms with Gasteiger partial charge in [0.2, 0.25) is 0 Å². The summed E-state index contributed by atoms with van der Waals surface area (Å²) >= 11 is 0. The van der Waals surface area contributed by atoms with E-state index in [0.717, 1.165) is 25.7 Å². The molecule has 0 spiro atoms. The van der Waals surface area contributed by atoms with Gasteiger partial charge in [0.05, 0.1) is 24.0 Å². The van der Waals surface area contributed by atoms with Crippen LogP contribution in [0.3, 0.4) is 0 Å². The van der Waals surface area contributed by atoms with Crippen molar-refractivity contribution in [3.63, 3.8) is 0 Å². The van der Waals surface area contributed by atoms with Crippen LogP contribution < -0.4 is 0 Å². The highest BCUT2D eigenvalue weighted by Gasteiger charge is 2.22. The van der Waals surface area contributed by atoms with Crippen molar-refractivity contribution in [1.29, 1.82) is 0 Å². The number of carbonyl (C=O) groups excluding carboxylic acids is 4. The standard InChI is InChI=1S/C20H26O8/c1-3-5-7-13-17(21)25-27-19(23)15-11-9-10-12-16(15)20(24)28-26-18(22)14-8-6-4-2/h9-12H,3-8,13-14H2,1-2H3. The Kier molecular flexibility index (Phi) is 11.0. The smallest absolute Gasteiger partial charge is 0.247 e. The quantitative estimate of drug-likeness (QED) is 0.332. The first-order valence-corrected chi connectivity index (χ1v) is 9.41. The Morgan fingerprint density at radius 3 is 1.39 bits per heavy atom. The van der Waals surface area contributed by atoms with E-state index in [1.54, 1.807) is 0 Å². The van der Waals surface area contributed by atoms with E-state index >= 15 is 0 Å². The minimum Gasteiger partial charge on any atom is -0.247 e. The van der Waals surface area contributed by atoms with E-state index in [1.807, 2.05) is 13.8 Å². The zero-order chi connectivity index (χ0) is 20.8. The molecule has 0 atom stereocenters. The monoisotopic (exact) mass is 394 g/mol. The zero-order valence-corrected chi connectivity index (χ0v) is 16.2. The van der Waals surface area contributed by atoms with Crippen LogP contribution in [0.4, 0.5) is 0 Å². The third kappa shape index (κ3) is 8.66. The Morgan fingerprint density at radius 1 is 0.643 bits per heavy atom. The summed E-state index contributed by atoms with van der Waals surface area (Å²) in [6, 6.07) is 5.58. The van der Waals surface area contributed by atoms with E-state index < -0.39 is 23.9 Å². The van der Waals surface area contributed by atoms with Gasteiger partial charge in [0.25, 0.3) is 0 Å². The van der Waals surface area contributed by atoms with Gasteiger partial charge in [-0.25, -0.2) is 38.7 Å². The molecule has 0 saturated carbocycles. The molecule has 0 aliphatic rings. The van der Waals surface area contributed by atoms with Gasteiger partial charge in [-0.3, -0.25) is 0 Å². The number of rotatable bonds is 10. The fourth-order valence-corrected chi connectivity index (χ4v) is 2.22. The molecule has 0 heterocycles. The number of unbranched alkanes of at least 4 members (excludes halogenated alkanes) is 4. The maximum absolute atomic E-state index is 12.1. The molecule has 1 aromatic rings. The van der Waals surface area contributed by atoms with E-state index in [0.29, 0.717) is 12.8 Å². The molecule has 0 N–H and O–H groups in total. The molecular formula is C20H26O8. The molecule has 0 aromatic heterocycles. The molecule has 28 heavy (non-hydrogen) atoms. The van der Waals surface area contributed by atoms with Gasteiger partial charge in [0.1, 0.15) is 0 Å². The van der Waals surface area contributed by atoms with Gasteiger partial charge in [-0.1, -0.05) is 51.7 Å². The van der Waals surface area contributed by atoms with E-state index in [2.05, 4.69) is 19.6 Å². The first kappa shape index (κ1) is 23.1. The molecule has 0 aliphatic carbocycles. The molecule has 1 rings (SSSR count). The summed E-state index contributed by atoms with van der Waals surface area (Å²) < 4.78 is 0. The Balaban J connectivity index is 2.58. The van der Waals surface area contributed by atoms with Gasteiger partial charge in [-0.15, -0.1) is 0 Å². The van der Waals surface area contributed by atoms with Gasteiger partial charge >= 0.3 is 23.9 Å². The second-order valence-electron chi connectivity index (χ2n) is 6.11. The number of benzene rings is 1. The fourth-order valence-electron chi connectivity index (χ4n) is 2.22. The second-order valence-corrected chi connectivity index (χ2v) is 6.11. The maximum atomic E-state index is 12.1. The Bertz CT molecular complexity index is 611. The van der Waals surface area contributed by atoms with Crippen LogP contribution in [0, 0.1) is 0 Å². The predicted octanol–water partition coefficient (Wildman–Crippen LogP) is 4.08. The van der Waals surface area contributed by atoms with Crippen molar-refractivity contribution in [3.05, 3.63) is 35.4 Å². The highest BCUT2D eigenvalue weighted by atomic mass is 17.2. The summed E-state index contributed by atoms with van der Waals surface area (Å²) in [5.74, 6) is -3.43. The van der Waals surface area contributed by atoms with Gasteiger partial charge in [-0.05, 0) is 25.0 Å². The first-order valence-electron chi connectivity index (χ1n) is 9.41. The molecule has 0 aliphatic heterocycles. The van der Waals surface area contributed by atoms with E-state index in [1.165, 1.54) is 24.3 Å². The summed E-state index contributed by atoms with van der Waals surface area (Å²) in [5.41, 5.74) is -0.369. The van der Waals surface area contributed by atoms with Crippen LogP contribution in [-0.2, 0) is 29.1 Å². The van der Waals surface area contributed by atoms with E-state index in [-0.39, 0.29) is 24.0 Å². The van der Waals surface area contributed by atoms with Gasteiger partial charge in [0.15, 0.2) is 0 Å². The molecular weight excluding hydrogens is 368 g/mol. The molecule has 0 fully saturated rings. The van der Waals surface area contributed by atoms with Crippen molar-refractivity contribution in [3.8, 4) is 0 Å². The minimum atomic E-state index is -1.04. The molecule has 0 saturated heterocycles. The zero-order valence-electron chi connectivity index (χ0n) is 16.2. The number of carbonyl (C=O) groups is 4. The Labute approximate surface area is 163 Å². The lowest BCUT2D eigenvalue weighted by Crippen LogP contribution is -2.17. The average molecular weight is 394 g/mol. The summed E-state index contributed by atoms with van der Waals surface area (Å²) in [6.45, 7) is 3.98. The lowest BCUT2D eigenvalue weighted by Gasteiger charge is -2.07. The summed E-state index contributed by atoms with van der Waals surface area (Å²) in [6.07, 6.45) is 5.08. The number of hydrogen-bond acceptors (Lipinski definition) is 8. The van der Waals surface area contributed by atoms with Crippen LogP contribution in [0.5, 0.6) is 0 Å². The highest BCUT2D eigenvalue weighted by Crippen LogP contribution is 2.13. The maximum Gasteiger partial charge on any atom is 0.387 e. The first-order chi connectivity index (χ1) is 13.5. The summed E-state index contributed by atoms with van der Waals surface area (Å²) in [4.78, 5) is 65.2. The fraction of sp³-hybridized carbons (Fsp3) is 0.500. The van der Waals surface area contributed by atoms with Gasteiger partial charge in [-0.2, -0.15) is 0 Å². The normalized spacial score (nSPS) is 10.1. The molecule has 8 nitrogen and oxygen atoms in total. The van der Waals surface area contributed by atoms with Crippen LogP contribution in [0.15, 0.2) is 24.3 Å². The minimum absolute atomic E-state index is 0.124. The van der Waals surface area contributed by atoms with E-state index in [9.17, 15) is 19.2 Å². The molecule has 154 valence electrons. The molecule has 0 radical (unpaired) electrons. The second kappa shape index (κ2) is 13.3. The SMILES string of the molecule is CCCCCC(=O)OOC(=O)c1ccccc1C(=O)OOC(=O)CCCCC. The van der Waals surface area contributed by atoms with Crippen molar-refractivity contribution < 1.29 is 38.7 Å². The lowest BCUT2D eigenvalue weighted by atomic mass is 10.1. The third-order valence-corrected chi connectivity index (χ3v) is 3.76.